The number of aromatic nitrogens is 2. The Labute approximate surface area is 165 Å². The van der Waals surface area contributed by atoms with Crippen molar-refractivity contribution < 1.29 is 4.79 Å². The number of carbonyl (C=O) groups excluding carboxylic acids is 1. The van der Waals surface area contributed by atoms with Crippen LogP contribution in [0.15, 0.2) is 48.5 Å². The van der Waals surface area contributed by atoms with Gasteiger partial charge < -0.3 is 10.2 Å². The molecule has 1 N–H and O–H groups in total. The van der Waals surface area contributed by atoms with Gasteiger partial charge in [-0.05, 0) is 55.0 Å². The van der Waals surface area contributed by atoms with Crippen LogP contribution in [-0.2, 0) is 0 Å². The van der Waals surface area contributed by atoms with Crippen molar-refractivity contribution in [2.24, 2.45) is 0 Å². The summed E-state index contributed by atoms with van der Waals surface area (Å²) in [5.74, 6) is 0.938. The molecule has 0 radical (unpaired) electrons. The lowest BCUT2D eigenvalue weighted by Crippen LogP contribution is -2.33. The first kappa shape index (κ1) is 18.4. The van der Waals surface area contributed by atoms with Crippen LogP contribution < -0.4 is 10.2 Å². The number of carbonyl (C=O) groups is 1. The van der Waals surface area contributed by atoms with Gasteiger partial charge in [-0.1, -0.05) is 38.1 Å². The van der Waals surface area contributed by atoms with Crippen LogP contribution in [0.5, 0.6) is 0 Å². The van der Waals surface area contributed by atoms with Crippen molar-refractivity contribution in [3.63, 3.8) is 0 Å². The highest BCUT2D eigenvalue weighted by Gasteiger charge is 2.23. The van der Waals surface area contributed by atoms with E-state index in [0.29, 0.717) is 17.4 Å². The van der Waals surface area contributed by atoms with Gasteiger partial charge in [0, 0.05) is 18.8 Å². The third-order valence-corrected chi connectivity index (χ3v) is 5.26. The predicted molar refractivity (Wildman–Crippen MR) is 114 cm³/mol. The summed E-state index contributed by atoms with van der Waals surface area (Å²) >= 11 is 0. The summed E-state index contributed by atoms with van der Waals surface area (Å²) in [6.45, 7) is 6.14. The SMILES string of the molecule is CC(C)c1ccc(NC(=O)c2nc3ccccc3nc2N2CCCCC2)cc1. The minimum Gasteiger partial charge on any atom is -0.355 e. The molecule has 2 aromatic carbocycles. The molecule has 1 aliphatic rings. The summed E-state index contributed by atoms with van der Waals surface area (Å²) in [6.07, 6.45) is 3.46. The molecule has 28 heavy (non-hydrogen) atoms. The molecule has 0 aliphatic carbocycles. The standard InChI is InChI=1S/C23H26N4O/c1-16(2)17-10-12-18(13-11-17)24-23(28)21-22(27-14-6-3-7-15-27)26-20-9-5-4-8-19(20)25-21/h4-5,8-13,16H,3,6-7,14-15H2,1-2H3,(H,24,28). The zero-order valence-corrected chi connectivity index (χ0v) is 16.5. The number of piperidine rings is 1. The number of fused-ring (bicyclic) bond motifs is 1. The summed E-state index contributed by atoms with van der Waals surface area (Å²) < 4.78 is 0. The van der Waals surface area contributed by atoms with Crippen molar-refractivity contribution in [2.45, 2.75) is 39.0 Å². The Morgan fingerprint density at radius 3 is 2.21 bits per heavy atom. The van der Waals surface area contributed by atoms with Gasteiger partial charge in [0.25, 0.3) is 5.91 Å². The van der Waals surface area contributed by atoms with Crippen LogP contribution in [0.2, 0.25) is 0 Å². The number of hydrogen-bond acceptors (Lipinski definition) is 4. The second-order valence-corrected chi connectivity index (χ2v) is 7.66. The highest BCUT2D eigenvalue weighted by molar-refractivity contribution is 6.07. The molecule has 1 fully saturated rings. The molecule has 1 aromatic heterocycles. The van der Waals surface area contributed by atoms with Crippen molar-refractivity contribution in [3.05, 3.63) is 59.8 Å². The van der Waals surface area contributed by atoms with Crippen molar-refractivity contribution in [1.82, 2.24) is 9.97 Å². The summed E-state index contributed by atoms with van der Waals surface area (Å²) in [7, 11) is 0. The molecule has 0 unspecified atom stereocenters. The minimum atomic E-state index is -0.212. The van der Waals surface area contributed by atoms with Gasteiger partial charge in [0.15, 0.2) is 11.5 Å². The summed E-state index contributed by atoms with van der Waals surface area (Å²) in [6, 6.07) is 15.7. The van der Waals surface area contributed by atoms with E-state index in [1.54, 1.807) is 0 Å². The van der Waals surface area contributed by atoms with Crippen LogP contribution >= 0.6 is 0 Å². The molecule has 0 bridgehead atoms. The molecule has 144 valence electrons. The van der Waals surface area contributed by atoms with Crippen LogP contribution in [0.1, 0.15) is 55.1 Å². The molecule has 2 heterocycles. The number of nitrogens with one attached hydrogen (secondary N) is 1. The molecule has 5 heteroatoms. The van der Waals surface area contributed by atoms with E-state index in [4.69, 9.17) is 4.98 Å². The largest absolute Gasteiger partial charge is 0.355 e. The first-order valence-corrected chi connectivity index (χ1v) is 10.0. The van der Waals surface area contributed by atoms with Gasteiger partial charge in [0.05, 0.1) is 11.0 Å². The van der Waals surface area contributed by atoms with E-state index in [0.717, 1.165) is 42.7 Å². The fraction of sp³-hybridized carbons (Fsp3) is 0.348. The molecular weight excluding hydrogens is 348 g/mol. The molecule has 0 spiro atoms. The van der Waals surface area contributed by atoms with Gasteiger partial charge in [-0.15, -0.1) is 0 Å². The number of rotatable bonds is 4. The fourth-order valence-electron chi connectivity index (χ4n) is 3.61. The van der Waals surface area contributed by atoms with Crippen LogP contribution in [0, 0.1) is 0 Å². The maximum absolute atomic E-state index is 13.1. The minimum absolute atomic E-state index is 0.212. The van der Waals surface area contributed by atoms with Crippen LogP contribution in [0.4, 0.5) is 11.5 Å². The Morgan fingerprint density at radius 2 is 1.57 bits per heavy atom. The van der Waals surface area contributed by atoms with Crippen molar-refractivity contribution in [2.75, 3.05) is 23.3 Å². The van der Waals surface area contributed by atoms with Crippen LogP contribution in [-0.4, -0.2) is 29.0 Å². The Bertz CT molecular complexity index is 976. The van der Waals surface area contributed by atoms with Crippen LogP contribution in [0.25, 0.3) is 11.0 Å². The Kier molecular flexibility index (Phi) is 5.24. The zero-order chi connectivity index (χ0) is 19.5. The fourth-order valence-corrected chi connectivity index (χ4v) is 3.61. The van der Waals surface area contributed by atoms with E-state index in [-0.39, 0.29) is 5.91 Å². The topological polar surface area (TPSA) is 58.1 Å². The van der Waals surface area contributed by atoms with E-state index in [2.05, 4.69) is 41.2 Å². The van der Waals surface area contributed by atoms with Gasteiger partial charge in [0.1, 0.15) is 0 Å². The Morgan fingerprint density at radius 1 is 0.929 bits per heavy atom. The molecule has 1 amide bonds. The average molecular weight is 374 g/mol. The highest BCUT2D eigenvalue weighted by atomic mass is 16.1. The average Bonchev–Trinajstić information content (AvgIpc) is 2.73. The Hall–Kier alpha value is -2.95. The third kappa shape index (κ3) is 3.84. The van der Waals surface area contributed by atoms with Crippen molar-refractivity contribution in [3.8, 4) is 0 Å². The van der Waals surface area contributed by atoms with Crippen molar-refractivity contribution >= 4 is 28.4 Å². The zero-order valence-electron chi connectivity index (χ0n) is 16.5. The first-order valence-electron chi connectivity index (χ1n) is 10.0. The number of para-hydroxylation sites is 2. The van der Waals surface area contributed by atoms with Gasteiger partial charge in [-0.25, -0.2) is 9.97 Å². The van der Waals surface area contributed by atoms with Gasteiger partial charge in [0.2, 0.25) is 0 Å². The molecule has 1 saturated heterocycles. The second-order valence-electron chi connectivity index (χ2n) is 7.66. The van der Waals surface area contributed by atoms with Gasteiger partial charge >= 0.3 is 0 Å². The first-order chi connectivity index (χ1) is 13.6. The lowest BCUT2D eigenvalue weighted by molar-refractivity contribution is 0.102. The lowest BCUT2D eigenvalue weighted by Gasteiger charge is -2.29. The van der Waals surface area contributed by atoms with Crippen molar-refractivity contribution in [1.29, 1.82) is 0 Å². The van der Waals surface area contributed by atoms with E-state index in [1.807, 2.05) is 36.4 Å². The summed E-state index contributed by atoms with van der Waals surface area (Å²) in [4.78, 5) is 24.8. The van der Waals surface area contributed by atoms with Gasteiger partial charge in [-0.3, -0.25) is 4.79 Å². The van der Waals surface area contributed by atoms with E-state index in [9.17, 15) is 4.79 Å². The monoisotopic (exact) mass is 374 g/mol. The smallest absolute Gasteiger partial charge is 0.278 e. The van der Waals surface area contributed by atoms with Crippen LogP contribution in [0.3, 0.4) is 0 Å². The number of amides is 1. The molecule has 1 aliphatic heterocycles. The Balaban J connectivity index is 1.67. The predicted octanol–water partition coefficient (Wildman–Crippen LogP) is 5.00. The normalized spacial score (nSPS) is 14.5. The summed E-state index contributed by atoms with van der Waals surface area (Å²) in [5, 5.41) is 3.00. The number of nitrogens with zero attached hydrogens (tertiary/aromatic N) is 3. The quantitative estimate of drug-likeness (QED) is 0.698. The molecule has 0 saturated carbocycles. The molecule has 0 atom stereocenters. The third-order valence-electron chi connectivity index (χ3n) is 5.26. The van der Waals surface area contributed by atoms with E-state index >= 15 is 0 Å². The second kappa shape index (κ2) is 7.97. The van der Waals surface area contributed by atoms with Gasteiger partial charge in [-0.2, -0.15) is 0 Å². The van der Waals surface area contributed by atoms with E-state index in [1.165, 1.54) is 12.0 Å². The molecule has 5 nitrogen and oxygen atoms in total. The molecule has 4 rings (SSSR count). The lowest BCUT2D eigenvalue weighted by atomic mass is 10.0. The summed E-state index contributed by atoms with van der Waals surface area (Å²) in [5.41, 5.74) is 3.98. The molecular formula is C23H26N4O. The molecule has 3 aromatic rings. The maximum Gasteiger partial charge on any atom is 0.278 e. The van der Waals surface area contributed by atoms with E-state index < -0.39 is 0 Å². The maximum atomic E-state index is 13.1. The number of anilines is 2. The number of benzene rings is 2. The highest BCUT2D eigenvalue weighted by Crippen LogP contribution is 2.25. The number of hydrogen-bond donors (Lipinski definition) is 1.